The molecule has 1 aromatic rings. The largest absolute Gasteiger partial charge is 0.354 e. The number of hydrogen-bond donors (Lipinski definition) is 3. The van der Waals surface area contributed by atoms with Crippen LogP contribution >= 0.6 is 0 Å². The summed E-state index contributed by atoms with van der Waals surface area (Å²) in [4.78, 5) is 20.3. The molecule has 0 aromatic carbocycles. The van der Waals surface area contributed by atoms with E-state index in [0.29, 0.717) is 17.7 Å². The van der Waals surface area contributed by atoms with E-state index in [1.807, 2.05) is 6.07 Å². The highest BCUT2D eigenvalue weighted by Gasteiger charge is 2.32. The molecule has 0 bridgehead atoms. The molecular formula is C19H29N5O. The molecule has 0 radical (unpaired) electrons. The van der Waals surface area contributed by atoms with Gasteiger partial charge in [0.2, 0.25) is 5.91 Å². The fraction of sp³-hybridized carbons (Fsp3) is 0.632. The third-order valence-corrected chi connectivity index (χ3v) is 5.47. The molecule has 6 heteroatoms. The SMILES string of the molecule is CN=C(NCC(=O)Nc1cccnc1)NC1CCC2CCCCC2C1. The first-order valence-corrected chi connectivity index (χ1v) is 9.41. The molecule has 2 saturated carbocycles. The monoisotopic (exact) mass is 343 g/mol. The second-order valence-corrected chi connectivity index (χ2v) is 7.17. The number of hydrogen-bond acceptors (Lipinski definition) is 3. The van der Waals surface area contributed by atoms with Gasteiger partial charge in [-0.1, -0.05) is 25.7 Å². The van der Waals surface area contributed by atoms with Gasteiger partial charge in [-0.15, -0.1) is 0 Å². The van der Waals surface area contributed by atoms with Crippen LogP contribution in [0, 0.1) is 11.8 Å². The lowest BCUT2D eigenvalue weighted by Gasteiger charge is -2.39. The van der Waals surface area contributed by atoms with Crippen LogP contribution in [0.4, 0.5) is 5.69 Å². The van der Waals surface area contributed by atoms with Crippen LogP contribution in [0.5, 0.6) is 0 Å². The molecule has 3 unspecified atom stereocenters. The van der Waals surface area contributed by atoms with Crippen LogP contribution in [0.1, 0.15) is 44.9 Å². The second-order valence-electron chi connectivity index (χ2n) is 7.17. The zero-order valence-corrected chi connectivity index (χ0v) is 15.0. The molecule has 3 atom stereocenters. The molecule has 6 nitrogen and oxygen atoms in total. The maximum Gasteiger partial charge on any atom is 0.243 e. The number of aromatic nitrogens is 1. The van der Waals surface area contributed by atoms with Crippen LogP contribution in [0.2, 0.25) is 0 Å². The number of aliphatic imine (C=N–C) groups is 1. The van der Waals surface area contributed by atoms with E-state index in [9.17, 15) is 4.79 Å². The lowest BCUT2D eigenvalue weighted by Crippen LogP contribution is -2.48. The molecular weight excluding hydrogens is 314 g/mol. The molecule has 3 rings (SSSR count). The van der Waals surface area contributed by atoms with E-state index in [1.54, 1.807) is 25.5 Å². The first-order valence-electron chi connectivity index (χ1n) is 9.41. The maximum atomic E-state index is 12.0. The Morgan fingerprint density at radius 3 is 2.84 bits per heavy atom. The number of guanidine groups is 1. The quantitative estimate of drug-likeness (QED) is 0.580. The second kappa shape index (κ2) is 8.83. The minimum absolute atomic E-state index is 0.105. The Labute approximate surface area is 149 Å². The number of anilines is 1. The van der Waals surface area contributed by atoms with Crippen molar-refractivity contribution >= 4 is 17.6 Å². The van der Waals surface area contributed by atoms with E-state index >= 15 is 0 Å². The van der Waals surface area contributed by atoms with Gasteiger partial charge in [0.25, 0.3) is 0 Å². The van der Waals surface area contributed by atoms with Gasteiger partial charge in [-0.3, -0.25) is 14.8 Å². The normalized spacial score (nSPS) is 26.4. The maximum absolute atomic E-state index is 12.0. The van der Waals surface area contributed by atoms with Crippen LogP contribution in [0.15, 0.2) is 29.5 Å². The molecule has 2 aliphatic rings. The van der Waals surface area contributed by atoms with Gasteiger partial charge in [-0.05, 0) is 43.2 Å². The van der Waals surface area contributed by atoms with Gasteiger partial charge in [0.15, 0.2) is 5.96 Å². The summed E-state index contributed by atoms with van der Waals surface area (Å²) in [6, 6.07) is 4.08. The number of pyridine rings is 1. The number of nitrogens with zero attached hydrogens (tertiary/aromatic N) is 2. The number of nitrogens with one attached hydrogen (secondary N) is 3. The molecule has 0 saturated heterocycles. The summed E-state index contributed by atoms with van der Waals surface area (Å²) in [7, 11) is 1.75. The Kier molecular flexibility index (Phi) is 6.25. The zero-order valence-electron chi connectivity index (χ0n) is 15.0. The summed E-state index contributed by atoms with van der Waals surface area (Å²) in [6.45, 7) is 0.188. The van der Waals surface area contributed by atoms with E-state index < -0.39 is 0 Å². The van der Waals surface area contributed by atoms with Crippen molar-refractivity contribution in [1.29, 1.82) is 0 Å². The van der Waals surface area contributed by atoms with Crippen molar-refractivity contribution in [2.75, 3.05) is 18.9 Å². The summed E-state index contributed by atoms with van der Waals surface area (Å²) in [5, 5.41) is 9.44. The van der Waals surface area contributed by atoms with Crippen LogP contribution in [0.3, 0.4) is 0 Å². The van der Waals surface area contributed by atoms with Gasteiger partial charge in [0.1, 0.15) is 0 Å². The van der Waals surface area contributed by atoms with E-state index in [-0.39, 0.29) is 12.5 Å². The molecule has 3 N–H and O–H groups in total. The topological polar surface area (TPSA) is 78.4 Å². The van der Waals surface area contributed by atoms with Crippen LogP contribution < -0.4 is 16.0 Å². The molecule has 136 valence electrons. The van der Waals surface area contributed by atoms with E-state index in [1.165, 1.54) is 44.9 Å². The number of carbonyl (C=O) groups is 1. The number of rotatable bonds is 4. The highest BCUT2D eigenvalue weighted by molar-refractivity contribution is 5.94. The van der Waals surface area contributed by atoms with E-state index in [0.717, 1.165) is 11.8 Å². The number of amides is 1. The Balaban J connectivity index is 1.43. The van der Waals surface area contributed by atoms with Crippen molar-refractivity contribution in [1.82, 2.24) is 15.6 Å². The zero-order chi connectivity index (χ0) is 17.5. The smallest absolute Gasteiger partial charge is 0.243 e. The Hall–Kier alpha value is -2.11. The van der Waals surface area contributed by atoms with Gasteiger partial charge < -0.3 is 16.0 Å². The Morgan fingerprint density at radius 1 is 1.24 bits per heavy atom. The lowest BCUT2D eigenvalue weighted by molar-refractivity contribution is -0.115. The molecule has 2 aliphatic carbocycles. The molecule has 2 fully saturated rings. The minimum atomic E-state index is -0.105. The minimum Gasteiger partial charge on any atom is -0.354 e. The third kappa shape index (κ3) is 5.18. The molecule has 1 heterocycles. The van der Waals surface area contributed by atoms with E-state index in [4.69, 9.17) is 0 Å². The first-order chi connectivity index (χ1) is 12.2. The average Bonchev–Trinajstić information content (AvgIpc) is 2.65. The summed E-state index contributed by atoms with van der Waals surface area (Å²) in [6.07, 6.45) is 12.7. The van der Waals surface area contributed by atoms with Gasteiger partial charge >= 0.3 is 0 Å². The van der Waals surface area contributed by atoms with Crippen LogP contribution in [-0.2, 0) is 4.79 Å². The molecule has 0 aliphatic heterocycles. The number of fused-ring (bicyclic) bond motifs is 1. The Bertz CT molecular complexity index is 589. The summed E-state index contributed by atoms with van der Waals surface area (Å²) in [5.41, 5.74) is 0.702. The van der Waals surface area contributed by atoms with Gasteiger partial charge in [-0.2, -0.15) is 0 Å². The number of carbonyl (C=O) groups excluding carboxylic acids is 1. The van der Waals surface area contributed by atoms with Crippen molar-refractivity contribution in [3.63, 3.8) is 0 Å². The van der Waals surface area contributed by atoms with Crippen LogP contribution in [-0.4, -0.2) is 36.5 Å². The van der Waals surface area contributed by atoms with Crippen molar-refractivity contribution in [3.8, 4) is 0 Å². The molecule has 25 heavy (non-hydrogen) atoms. The standard InChI is InChI=1S/C19H29N5O/c1-20-19(22-13-18(25)23-17-7-4-10-21-12-17)24-16-9-8-14-5-2-3-6-15(14)11-16/h4,7,10,12,14-16H,2-3,5-6,8-9,11,13H2,1H3,(H,23,25)(H2,20,22,24). The fourth-order valence-electron chi connectivity index (χ4n) is 4.20. The summed E-state index contributed by atoms with van der Waals surface area (Å²) >= 11 is 0. The van der Waals surface area contributed by atoms with Gasteiger partial charge in [-0.25, -0.2) is 0 Å². The van der Waals surface area contributed by atoms with Crippen LogP contribution in [0.25, 0.3) is 0 Å². The summed E-state index contributed by atoms with van der Waals surface area (Å²) < 4.78 is 0. The fourth-order valence-corrected chi connectivity index (χ4v) is 4.20. The van der Waals surface area contributed by atoms with Crippen molar-refractivity contribution in [2.45, 2.75) is 51.0 Å². The van der Waals surface area contributed by atoms with Crippen molar-refractivity contribution in [2.24, 2.45) is 16.8 Å². The predicted octanol–water partition coefficient (Wildman–Crippen LogP) is 2.54. The molecule has 1 amide bonds. The van der Waals surface area contributed by atoms with Crippen molar-refractivity contribution in [3.05, 3.63) is 24.5 Å². The molecule has 0 spiro atoms. The van der Waals surface area contributed by atoms with Gasteiger partial charge in [0, 0.05) is 19.3 Å². The highest BCUT2D eigenvalue weighted by Crippen LogP contribution is 2.40. The predicted molar refractivity (Wildman–Crippen MR) is 100 cm³/mol. The van der Waals surface area contributed by atoms with Gasteiger partial charge in [0.05, 0.1) is 18.4 Å². The van der Waals surface area contributed by atoms with E-state index in [2.05, 4.69) is 25.9 Å². The van der Waals surface area contributed by atoms with Crippen molar-refractivity contribution < 1.29 is 4.79 Å². The summed E-state index contributed by atoms with van der Waals surface area (Å²) in [5.74, 6) is 2.41. The third-order valence-electron chi connectivity index (χ3n) is 5.47. The average molecular weight is 343 g/mol. The highest BCUT2D eigenvalue weighted by atomic mass is 16.1. The first kappa shape index (κ1) is 17.7. The molecule has 1 aromatic heterocycles. The lowest BCUT2D eigenvalue weighted by atomic mass is 9.69. The Morgan fingerprint density at radius 2 is 2.08 bits per heavy atom.